The van der Waals surface area contributed by atoms with Crippen molar-refractivity contribution in [3.63, 3.8) is 0 Å². The van der Waals surface area contributed by atoms with Crippen LogP contribution in [0, 0.1) is 5.82 Å². The summed E-state index contributed by atoms with van der Waals surface area (Å²) in [7, 11) is 0. The van der Waals surface area contributed by atoms with Crippen molar-refractivity contribution in [1.82, 2.24) is 0 Å². The largest absolute Gasteiger partial charge is 0.463 e. The zero-order valence-corrected chi connectivity index (χ0v) is 13.6. The van der Waals surface area contributed by atoms with E-state index < -0.39 is 5.97 Å². The second-order valence-electron chi connectivity index (χ2n) is 5.06. The van der Waals surface area contributed by atoms with Crippen LogP contribution in [0.5, 0.6) is 0 Å². The number of hydrogen-bond donors (Lipinski definition) is 0. The normalized spacial score (nSPS) is 11.3. The van der Waals surface area contributed by atoms with Crippen LogP contribution in [0.15, 0.2) is 54.6 Å². The second kappa shape index (κ2) is 8.49. The zero-order chi connectivity index (χ0) is 16.7. The molecule has 0 unspecified atom stereocenters. The summed E-state index contributed by atoms with van der Waals surface area (Å²) in [5, 5.41) is 0.682. The number of allylic oxidation sites excluding steroid dienone is 1. The van der Waals surface area contributed by atoms with E-state index in [2.05, 4.69) is 0 Å². The van der Waals surface area contributed by atoms with Crippen molar-refractivity contribution in [2.24, 2.45) is 0 Å². The van der Waals surface area contributed by atoms with Gasteiger partial charge >= 0.3 is 5.97 Å². The van der Waals surface area contributed by atoms with Crippen molar-refractivity contribution in [1.29, 1.82) is 0 Å². The zero-order valence-electron chi connectivity index (χ0n) is 12.9. The van der Waals surface area contributed by atoms with Crippen LogP contribution in [0.2, 0.25) is 5.02 Å². The first-order chi connectivity index (χ1) is 11.1. The number of aryl methyl sites for hydroxylation is 1. The Morgan fingerprint density at radius 1 is 1.22 bits per heavy atom. The van der Waals surface area contributed by atoms with E-state index in [1.165, 1.54) is 18.2 Å². The average molecular weight is 333 g/mol. The van der Waals surface area contributed by atoms with Crippen molar-refractivity contribution in [2.75, 3.05) is 6.61 Å². The number of halogens is 2. The fraction of sp³-hybridized carbons (Fsp3) is 0.211. The van der Waals surface area contributed by atoms with Crippen LogP contribution in [0.25, 0.3) is 5.57 Å². The van der Waals surface area contributed by atoms with Gasteiger partial charge in [0.05, 0.1) is 6.61 Å². The van der Waals surface area contributed by atoms with Crippen molar-refractivity contribution in [3.8, 4) is 0 Å². The van der Waals surface area contributed by atoms with Crippen LogP contribution in [0.1, 0.15) is 24.5 Å². The van der Waals surface area contributed by atoms with Gasteiger partial charge < -0.3 is 4.74 Å². The Labute approximate surface area is 140 Å². The molecule has 23 heavy (non-hydrogen) atoms. The average Bonchev–Trinajstić information content (AvgIpc) is 2.53. The third-order valence-corrected chi connectivity index (χ3v) is 3.62. The Bertz CT molecular complexity index is 693. The first kappa shape index (κ1) is 17.2. The quantitative estimate of drug-likeness (QED) is 0.546. The maximum atomic E-state index is 13.5. The Morgan fingerprint density at radius 2 is 1.96 bits per heavy atom. The Kier molecular flexibility index (Phi) is 6.36. The van der Waals surface area contributed by atoms with Gasteiger partial charge in [-0.2, -0.15) is 0 Å². The molecule has 0 aromatic heterocycles. The van der Waals surface area contributed by atoms with Crippen LogP contribution in [-0.4, -0.2) is 12.6 Å². The minimum absolute atomic E-state index is 0.308. The molecule has 0 radical (unpaired) electrons. The maximum Gasteiger partial charge on any atom is 0.331 e. The Balaban J connectivity index is 2.19. The predicted octanol–water partition coefficient (Wildman–Crippen LogP) is 5.06. The molecule has 0 amide bonds. The predicted molar refractivity (Wildman–Crippen MR) is 90.8 cm³/mol. The van der Waals surface area contributed by atoms with Crippen LogP contribution in [0.4, 0.5) is 4.39 Å². The first-order valence-corrected chi connectivity index (χ1v) is 7.84. The molecular weight excluding hydrogens is 315 g/mol. The highest BCUT2D eigenvalue weighted by molar-refractivity contribution is 6.30. The third kappa shape index (κ3) is 5.53. The number of hydrogen-bond acceptors (Lipinski definition) is 2. The van der Waals surface area contributed by atoms with Gasteiger partial charge in [-0.25, -0.2) is 9.18 Å². The van der Waals surface area contributed by atoms with E-state index in [9.17, 15) is 9.18 Å². The Hall–Kier alpha value is -2.13. The van der Waals surface area contributed by atoms with Crippen LogP contribution in [-0.2, 0) is 16.0 Å². The number of carbonyl (C=O) groups is 1. The second-order valence-corrected chi connectivity index (χ2v) is 5.49. The fourth-order valence-corrected chi connectivity index (χ4v) is 2.37. The molecule has 2 rings (SSSR count). The number of ether oxygens (including phenoxy) is 1. The Morgan fingerprint density at radius 3 is 2.61 bits per heavy atom. The van der Waals surface area contributed by atoms with E-state index in [0.29, 0.717) is 23.6 Å². The number of benzene rings is 2. The van der Waals surface area contributed by atoms with Gasteiger partial charge in [-0.1, -0.05) is 35.9 Å². The number of esters is 1. The lowest BCUT2D eigenvalue weighted by Crippen LogP contribution is -2.02. The SMILES string of the molecule is CCOC(=O)/C=C(/CCc1ccc(Cl)cc1)c1cccc(F)c1. The van der Waals surface area contributed by atoms with Crippen LogP contribution >= 0.6 is 11.6 Å². The molecular formula is C19H18ClFO2. The molecule has 0 saturated heterocycles. The summed E-state index contributed by atoms with van der Waals surface area (Å²) in [6, 6.07) is 13.8. The van der Waals surface area contributed by atoms with Crippen molar-refractivity contribution in [3.05, 3.63) is 76.6 Å². The monoisotopic (exact) mass is 332 g/mol. The van der Waals surface area contributed by atoms with Gasteiger partial charge in [-0.15, -0.1) is 0 Å². The molecule has 0 aliphatic carbocycles. The maximum absolute atomic E-state index is 13.5. The molecule has 2 nitrogen and oxygen atoms in total. The lowest BCUT2D eigenvalue weighted by atomic mass is 9.98. The fourth-order valence-electron chi connectivity index (χ4n) is 2.24. The molecule has 120 valence electrons. The molecule has 0 bridgehead atoms. The van der Waals surface area contributed by atoms with E-state index >= 15 is 0 Å². The van der Waals surface area contributed by atoms with Gasteiger partial charge in [0.2, 0.25) is 0 Å². The van der Waals surface area contributed by atoms with E-state index in [1.807, 2.05) is 24.3 Å². The highest BCUT2D eigenvalue weighted by atomic mass is 35.5. The molecule has 0 aliphatic heterocycles. The minimum atomic E-state index is -0.414. The molecule has 0 spiro atoms. The standard InChI is InChI=1S/C19H18ClFO2/c1-2-23-19(22)13-16(15-4-3-5-18(21)12-15)9-6-14-7-10-17(20)11-8-14/h3-5,7-8,10-13H,2,6,9H2,1H3/b16-13-. The molecule has 2 aromatic carbocycles. The van der Waals surface area contributed by atoms with Gasteiger partial charge in [0.15, 0.2) is 0 Å². The lowest BCUT2D eigenvalue weighted by Gasteiger charge is -2.09. The highest BCUT2D eigenvalue weighted by Crippen LogP contribution is 2.22. The first-order valence-electron chi connectivity index (χ1n) is 7.46. The van der Waals surface area contributed by atoms with E-state index in [0.717, 1.165) is 17.6 Å². The smallest absolute Gasteiger partial charge is 0.331 e. The molecule has 0 fully saturated rings. The summed E-state index contributed by atoms with van der Waals surface area (Å²) in [6.07, 6.45) is 2.76. The topological polar surface area (TPSA) is 26.3 Å². The summed E-state index contributed by atoms with van der Waals surface area (Å²) in [5.41, 5.74) is 2.53. The van der Waals surface area contributed by atoms with Crippen molar-refractivity contribution >= 4 is 23.1 Å². The molecule has 0 atom stereocenters. The molecule has 0 heterocycles. The molecule has 0 N–H and O–H groups in total. The van der Waals surface area contributed by atoms with Crippen molar-refractivity contribution < 1.29 is 13.9 Å². The van der Waals surface area contributed by atoms with Crippen LogP contribution in [0.3, 0.4) is 0 Å². The summed E-state index contributed by atoms with van der Waals surface area (Å²) < 4.78 is 18.4. The highest BCUT2D eigenvalue weighted by Gasteiger charge is 2.08. The number of carbonyl (C=O) groups excluding carboxylic acids is 1. The van der Waals surface area contributed by atoms with Gasteiger partial charge in [0.25, 0.3) is 0 Å². The van der Waals surface area contributed by atoms with Gasteiger partial charge in [0, 0.05) is 11.1 Å². The van der Waals surface area contributed by atoms with Gasteiger partial charge in [-0.3, -0.25) is 0 Å². The third-order valence-electron chi connectivity index (χ3n) is 3.37. The summed E-state index contributed by atoms with van der Waals surface area (Å²) >= 11 is 5.88. The van der Waals surface area contributed by atoms with Crippen molar-refractivity contribution in [2.45, 2.75) is 19.8 Å². The summed E-state index contributed by atoms with van der Waals surface area (Å²) in [6.45, 7) is 2.06. The van der Waals surface area contributed by atoms with E-state index in [-0.39, 0.29) is 5.82 Å². The van der Waals surface area contributed by atoms with Gasteiger partial charge in [0.1, 0.15) is 5.82 Å². The lowest BCUT2D eigenvalue weighted by molar-refractivity contribution is -0.137. The van der Waals surface area contributed by atoms with Crippen LogP contribution < -0.4 is 0 Å². The van der Waals surface area contributed by atoms with Gasteiger partial charge in [-0.05, 0) is 60.7 Å². The number of rotatable bonds is 6. The molecule has 2 aromatic rings. The molecule has 0 aliphatic rings. The minimum Gasteiger partial charge on any atom is -0.463 e. The van der Waals surface area contributed by atoms with E-state index in [4.69, 9.17) is 16.3 Å². The summed E-state index contributed by atoms with van der Waals surface area (Å²) in [5.74, 6) is -0.744. The molecule has 4 heteroatoms. The molecule has 0 saturated carbocycles. The summed E-state index contributed by atoms with van der Waals surface area (Å²) in [4.78, 5) is 11.8. The van der Waals surface area contributed by atoms with E-state index in [1.54, 1.807) is 19.1 Å².